The standard InChI is InChI=1S/C12H12N2O3/c1-3-17-12(16)10(14-13)11(15)9-6-4-8(2)5-7-9/h4-7H,3H2,1-2H3. The molecule has 5 nitrogen and oxygen atoms in total. The van der Waals surface area contributed by atoms with E-state index in [4.69, 9.17) is 5.53 Å². The van der Waals surface area contributed by atoms with Crippen molar-refractivity contribution in [1.82, 2.24) is 0 Å². The molecule has 0 aliphatic carbocycles. The molecular weight excluding hydrogens is 220 g/mol. The molecule has 0 heterocycles. The quantitative estimate of drug-likeness (QED) is 0.196. The number of carbonyl (C=O) groups is 2. The summed E-state index contributed by atoms with van der Waals surface area (Å²) in [4.78, 5) is 25.8. The normalized spacial score (nSPS) is 9.29. The highest BCUT2D eigenvalue weighted by Crippen LogP contribution is 2.05. The van der Waals surface area contributed by atoms with Crippen LogP contribution in [0.2, 0.25) is 0 Å². The maximum absolute atomic E-state index is 11.8. The Labute approximate surface area is 98.6 Å². The molecule has 0 bridgehead atoms. The monoisotopic (exact) mass is 232 g/mol. The Balaban J connectivity index is 2.99. The molecule has 1 aromatic carbocycles. The number of hydrogen-bond donors (Lipinski definition) is 0. The summed E-state index contributed by atoms with van der Waals surface area (Å²) < 4.78 is 4.61. The molecule has 0 fully saturated rings. The van der Waals surface area contributed by atoms with Crippen LogP contribution in [0.5, 0.6) is 0 Å². The molecule has 0 atom stereocenters. The third-order valence-corrected chi connectivity index (χ3v) is 2.10. The molecule has 0 spiro atoms. The minimum atomic E-state index is -0.930. The average molecular weight is 232 g/mol. The summed E-state index contributed by atoms with van der Waals surface area (Å²) >= 11 is 0. The van der Waals surface area contributed by atoms with Gasteiger partial charge in [-0.1, -0.05) is 29.8 Å². The molecule has 88 valence electrons. The molecule has 17 heavy (non-hydrogen) atoms. The highest BCUT2D eigenvalue weighted by Gasteiger charge is 2.31. The van der Waals surface area contributed by atoms with Gasteiger partial charge in [0.2, 0.25) is 0 Å². The Morgan fingerprint density at radius 3 is 2.35 bits per heavy atom. The fraction of sp³-hybridized carbons (Fsp3) is 0.250. The summed E-state index contributed by atoms with van der Waals surface area (Å²) in [5.74, 6) is -1.59. The second-order valence-corrected chi connectivity index (χ2v) is 3.36. The van der Waals surface area contributed by atoms with Gasteiger partial charge in [0, 0.05) is 5.56 Å². The SMILES string of the molecule is CCOC(=O)C(=[N+]=[N-])C(=O)c1ccc(C)cc1. The number of benzene rings is 1. The fourth-order valence-corrected chi connectivity index (χ4v) is 1.22. The second kappa shape index (κ2) is 5.72. The molecular formula is C12H12N2O3. The lowest BCUT2D eigenvalue weighted by Crippen LogP contribution is -2.27. The zero-order valence-electron chi connectivity index (χ0n) is 9.64. The number of ether oxygens (including phenoxy) is 1. The highest BCUT2D eigenvalue weighted by atomic mass is 16.5. The van der Waals surface area contributed by atoms with E-state index < -0.39 is 17.5 Å². The molecule has 0 aliphatic rings. The van der Waals surface area contributed by atoms with E-state index in [-0.39, 0.29) is 12.2 Å². The first-order valence-corrected chi connectivity index (χ1v) is 5.10. The summed E-state index contributed by atoms with van der Waals surface area (Å²) in [7, 11) is 0. The smallest absolute Gasteiger partial charge is 0.446 e. The van der Waals surface area contributed by atoms with Gasteiger partial charge in [-0.05, 0) is 13.8 Å². The molecule has 1 rings (SSSR count). The Kier molecular flexibility index (Phi) is 4.31. The maximum atomic E-state index is 11.8. The van der Waals surface area contributed by atoms with Crippen molar-refractivity contribution < 1.29 is 19.1 Å². The molecule has 0 radical (unpaired) electrons. The van der Waals surface area contributed by atoms with Gasteiger partial charge >= 0.3 is 11.7 Å². The number of esters is 1. The number of aryl methyl sites for hydroxylation is 1. The van der Waals surface area contributed by atoms with Crippen molar-refractivity contribution in [3.05, 3.63) is 40.9 Å². The van der Waals surface area contributed by atoms with Crippen LogP contribution in [0, 0.1) is 6.92 Å². The Morgan fingerprint density at radius 2 is 1.88 bits per heavy atom. The average Bonchev–Trinajstić information content (AvgIpc) is 2.31. The van der Waals surface area contributed by atoms with Crippen LogP contribution in [0.15, 0.2) is 24.3 Å². The van der Waals surface area contributed by atoms with Gasteiger partial charge in [0.1, 0.15) is 0 Å². The predicted octanol–water partition coefficient (Wildman–Crippen LogP) is 1.41. The number of nitrogens with zero attached hydrogens (tertiary/aromatic N) is 2. The summed E-state index contributed by atoms with van der Waals surface area (Å²) in [5, 5.41) is 0. The van der Waals surface area contributed by atoms with Crippen LogP contribution in [-0.2, 0) is 9.53 Å². The molecule has 0 aromatic heterocycles. The van der Waals surface area contributed by atoms with Crippen LogP contribution in [0.3, 0.4) is 0 Å². The fourth-order valence-electron chi connectivity index (χ4n) is 1.22. The third-order valence-electron chi connectivity index (χ3n) is 2.10. The van der Waals surface area contributed by atoms with Crippen molar-refractivity contribution >= 4 is 17.5 Å². The van der Waals surface area contributed by atoms with E-state index in [1.807, 2.05) is 6.92 Å². The van der Waals surface area contributed by atoms with Gasteiger partial charge in [0.25, 0.3) is 5.78 Å². The summed E-state index contributed by atoms with van der Waals surface area (Å²) in [6, 6.07) is 6.57. The molecule has 1 aromatic rings. The van der Waals surface area contributed by atoms with Crippen molar-refractivity contribution in [3.63, 3.8) is 0 Å². The number of Topliss-reactive ketones (excluding diaryl/α,β-unsaturated/α-hetero) is 1. The zero-order chi connectivity index (χ0) is 12.8. The van der Waals surface area contributed by atoms with Crippen LogP contribution in [0.25, 0.3) is 5.53 Å². The van der Waals surface area contributed by atoms with E-state index in [9.17, 15) is 9.59 Å². The Bertz CT molecular complexity index is 485. The van der Waals surface area contributed by atoms with Gasteiger partial charge in [0.15, 0.2) is 0 Å². The molecule has 0 saturated heterocycles. The van der Waals surface area contributed by atoms with Crippen LogP contribution in [0.1, 0.15) is 22.8 Å². The van der Waals surface area contributed by atoms with E-state index in [1.54, 1.807) is 31.2 Å². The van der Waals surface area contributed by atoms with Gasteiger partial charge in [-0.2, -0.15) is 4.79 Å². The second-order valence-electron chi connectivity index (χ2n) is 3.36. The van der Waals surface area contributed by atoms with Gasteiger partial charge in [0.05, 0.1) is 6.61 Å². The van der Waals surface area contributed by atoms with Crippen LogP contribution in [0.4, 0.5) is 0 Å². The summed E-state index contributed by atoms with van der Waals surface area (Å²) in [6.07, 6.45) is 0. The van der Waals surface area contributed by atoms with Crippen LogP contribution in [-0.4, -0.2) is 28.9 Å². The number of carbonyl (C=O) groups excluding carboxylic acids is 2. The lowest BCUT2D eigenvalue weighted by atomic mass is 10.1. The van der Waals surface area contributed by atoms with Crippen LogP contribution >= 0.6 is 0 Å². The van der Waals surface area contributed by atoms with E-state index in [0.29, 0.717) is 0 Å². The first kappa shape index (κ1) is 12.8. The topological polar surface area (TPSA) is 79.8 Å². The van der Waals surface area contributed by atoms with Gasteiger partial charge in [-0.15, -0.1) is 0 Å². The molecule has 0 N–H and O–H groups in total. The molecule has 0 amide bonds. The Hall–Kier alpha value is -2.26. The van der Waals surface area contributed by atoms with E-state index in [2.05, 4.69) is 9.53 Å². The minimum absolute atomic E-state index is 0.110. The largest absolute Gasteiger partial charge is 0.457 e. The summed E-state index contributed by atoms with van der Waals surface area (Å²) in [6.45, 7) is 3.59. The van der Waals surface area contributed by atoms with Crippen molar-refractivity contribution in [3.8, 4) is 0 Å². The first-order chi connectivity index (χ1) is 8.10. The van der Waals surface area contributed by atoms with Gasteiger partial charge in [-0.25, -0.2) is 4.79 Å². The Morgan fingerprint density at radius 1 is 1.29 bits per heavy atom. The van der Waals surface area contributed by atoms with Crippen molar-refractivity contribution in [2.24, 2.45) is 0 Å². The zero-order valence-corrected chi connectivity index (χ0v) is 9.64. The predicted molar refractivity (Wildman–Crippen MR) is 60.8 cm³/mol. The molecule has 0 aliphatic heterocycles. The first-order valence-electron chi connectivity index (χ1n) is 5.10. The highest BCUT2D eigenvalue weighted by molar-refractivity contribution is 6.65. The minimum Gasteiger partial charge on any atom is -0.457 e. The molecule has 5 heteroatoms. The molecule has 0 saturated carbocycles. The third kappa shape index (κ3) is 3.09. The van der Waals surface area contributed by atoms with E-state index in [1.165, 1.54) is 0 Å². The maximum Gasteiger partial charge on any atom is 0.446 e. The van der Waals surface area contributed by atoms with Crippen molar-refractivity contribution in [1.29, 1.82) is 0 Å². The lowest BCUT2D eigenvalue weighted by molar-refractivity contribution is -0.139. The van der Waals surface area contributed by atoms with Gasteiger partial charge < -0.3 is 10.3 Å². The van der Waals surface area contributed by atoms with Gasteiger partial charge in [-0.3, -0.25) is 4.79 Å². The summed E-state index contributed by atoms with van der Waals surface area (Å²) in [5.41, 5.74) is 9.32. The molecule has 0 unspecified atom stereocenters. The number of rotatable bonds is 4. The van der Waals surface area contributed by atoms with Crippen molar-refractivity contribution in [2.75, 3.05) is 6.61 Å². The van der Waals surface area contributed by atoms with E-state index >= 15 is 0 Å². The number of hydrogen-bond acceptors (Lipinski definition) is 3. The van der Waals surface area contributed by atoms with E-state index in [0.717, 1.165) is 5.56 Å². The number of ketones is 1. The van der Waals surface area contributed by atoms with Crippen LogP contribution < -0.4 is 0 Å². The van der Waals surface area contributed by atoms with Crippen molar-refractivity contribution in [2.45, 2.75) is 13.8 Å². The lowest BCUT2D eigenvalue weighted by Gasteiger charge is -1.98.